The van der Waals surface area contributed by atoms with E-state index in [2.05, 4.69) is 5.32 Å². The molecule has 2 heterocycles. The molecule has 0 saturated carbocycles. The molecule has 1 aromatic rings. The van der Waals surface area contributed by atoms with Gasteiger partial charge in [0.1, 0.15) is 11.7 Å². The number of thiocarbonyl (C=S) groups is 1. The lowest BCUT2D eigenvalue weighted by atomic mass is 9.79. The fourth-order valence-corrected chi connectivity index (χ4v) is 3.44. The molecule has 0 radical (unpaired) electrons. The van der Waals surface area contributed by atoms with Crippen molar-refractivity contribution in [3.63, 3.8) is 0 Å². The molecule has 6 heteroatoms. The molecule has 1 saturated heterocycles. The second kappa shape index (κ2) is 4.59. The Labute approximate surface area is 129 Å². The maximum absolute atomic E-state index is 12.3. The Kier molecular flexibility index (Phi) is 3.09. The minimum absolute atomic E-state index is 0.241. The highest BCUT2D eigenvalue weighted by atomic mass is 32.1. The molecule has 0 aliphatic carbocycles. The van der Waals surface area contributed by atoms with Crippen LogP contribution in [0.1, 0.15) is 24.1 Å². The van der Waals surface area contributed by atoms with Gasteiger partial charge in [-0.1, -0.05) is 17.7 Å². The first kappa shape index (κ1) is 14.1. The number of hydrogen-bond donors (Lipinski definition) is 1. The standard InChI is InChI=1S/C15H18N2O3S/c1-8-5-6-10-9(7-8)12-11(13(18)19-4)15(2,20-10)17(3)14(21)16-12/h5-7,11-12H,1-4H3,(H,16,21). The van der Waals surface area contributed by atoms with Crippen molar-refractivity contribution in [3.05, 3.63) is 29.3 Å². The number of carbonyl (C=O) groups is 1. The molecule has 2 aliphatic heterocycles. The van der Waals surface area contributed by atoms with Gasteiger partial charge in [-0.25, -0.2) is 0 Å². The Bertz CT molecular complexity index is 633. The molecule has 112 valence electrons. The lowest BCUT2D eigenvalue weighted by Crippen LogP contribution is -2.70. The van der Waals surface area contributed by atoms with Crippen LogP contribution in [0.2, 0.25) is 0 Å². The Morgan fingerprint density at radius 2 is 2.24 bits per heavy atom. The van der Waals surface area contributed by atoms with Gasteiger partial charge in [0.25, 0.3) is 0 Å². The summed E-state index contributed by atoms with van der Waals surface area (Å²) in [6.45, 7) is 3.88. The molecule has 0 spiro atoms. The zero-order valence-electron chi connectivity index (χ0n) is 12.5. The lowest BCUT2D eigenvalue weighted by molar-refractivity contribution is -0.170. The number of aryl methyl sites for hydroxylation is 1. The average Bonchev–Trinajstić information content (AvgIpc) is 2.45. The minimum atomic E-state index is -0.859. The van der Waals surface area contributed by atoms with E-state index < -0.39 is 11.6 Å². The molecule has 3 unspecified atom stereocenters. The summed E-state index contributed by atoms with van der Waals surface area (Å²) in [6.07, 6.45) is 0. The van der Waals surface area contributed by atoms with Crippen LogP contribution >= 0.6 is 12.2 Å². The SMILES string of the molecule is COC(=O)C1C2NC(=S)N(C)C1(C)Oc1ccc(C)cc12. The predicted molar refractivity (Wildman–Crippen MR) is 82.0 cm³/mol. The minimum Gasteiger partial charge on any atom is -0.469 e. The van der Waals surface area contributed by atoms with Crippen molar-refractivity contribution < 1.29 is 14.3 Å². The number of ether oxygens (including phenoxy) is 2. The van der Waals surface area contributed by atoms with E-state index in [0.29, 0.717) is 5.11 Å². The van der Waals surface area contributed by atoms with E-state index in [9.17, 15) is 4.79 Å². The third-order valence-electron chi connectivity index (χ3n) is 4.43. The highest BCUT2D eigenvalue weighted by Crippen LogP contribution is 2.48. The van der Waals surface area contributed by atoms with Gasteiger partial charge in [-0.2, -0.15) is 0 Å². The zero-order valence-corrected chi connectivity index (χ0v) is 13.3. The van der Waals surface area contributed by atoms with E-state index in [-0.39, 0.29) is 12.0 Å². The van der Waals surface area contributed by atoms with E-state index in [1.807, 2.05) is 39.1 Å². The Morgan fingerprint density at radius 3 is 2.90 bits per heavy atom. The van der Waals surface area contributed by atoms with Crippen LogP contribution < -0.4 is 10.1 Å². The van der Waals surface area contributed by atoms with Gasteiger partial charge < -0.3 is 19.7 Å². The van der Waals surface area contributed by atoms with Gasteiger partial charge in [-0.05, 0) is 32.1 Å². The number of methoxy groups -OCH3 is 1. The van der Waals surface area contributed by atoms with Crippen LogP contribution in [0.3, 0.4) is 0 Å². The van der Waals surface area contributed by atoms with Crippen molar-refractivity contribution in [2.45, 2.75) is 25.6 Å². The summed E-state index contributed by atoms with van der Waals surface area (Å²) < 4.78 is 11.2. The summed E-state index contributed by atoms with van der Waals surface area (Å²) >= 11 is 5.37. The molecule has 21 heavy (non-hydrogen) atoms. The first-order valence-corrected chi connectivity index (χ1v) is 7.21. The van der Waals surface area contributed by atoms with E-state index in [1.165, 1.54) is 7.11 Å². The fraction of sp³-hybridized carbons (Fsp3) is 0.467. The number of benzene rings is 1. The predicted octanol–water partition coefficient (Wildman–Crippen LogP) is 1.75. The number of nitrogens with one attached hydrogen (secondary N) is 1. The number of esters is 1. The summed E-state index contributed by atoms with van der Waals surface area (Å²) in [7, 11) is 3.21. The molecule has 2 bridgehead atoms. The molecule has 3 rings (SSSR count). The first-order valence-electron chi connectivity index (χ1n) is 6.80. The number of carbonyl (C=O) groups excluding carboxylic acids is 1. The Balaban J connectivity index is 2.19. The quantitative estimate of drug-likeness (QED) is 0.630. The van der Waals surface area contributed by atoms with Gasteiger partial charge >= 0.3 is 5.97 Å². The Morgan fingerprint density at radius 1 is 1.52 bits per heavy atom. The van der Waals surface area contributed by atoms with Crippen LogP contribution in [0.25, 0.3) is 0 Å². The van der Waals surface area contributed by atoms with Crippen LogP contribution in [-0.2, 0) is 9.53 Å². The van der Waals surface area contributed by atoms with Gasteiger partial charge in [-0.3, -0.25) is 4.79 Å². The van der Waals surface area contributed by atoms with Gasteiger partial charge in [0.05, 0.1) is 13.2 Å². The molecular formula is C15H18N2O3S. The number of fused-ring (bicyclic) bond motifs is 4. The molecule has 2 aliphatic rings. The largest absolute Gasteiger partial charge is 0.469 e. The summed E-state index contributed by atoms with van der Waals surface area (Å²) in [4.78, 5) is 14.1. The summed E-state index contributed by atoms with van der Waals surface area (Å²) in [6, 6.07) is 5.72. The summed E-state index contributed by atoms with van der Waals surface area (Å²) in [5, 5.41) is 3.81. The smallest absolute Gasteiger partial charge is 0.317 e. The molecule has 3 atom stereocenters. The van der Waals surface area contributed by atoms with E-state index in [0.717, 1.165) is 16.9 Å². The Hall–Kier alpha value is -1.82. The van der Waals surface area contributed by atoms with Gasteiger partial charge in [-0.15, -0.1) is 0 Å². The van der Waals surface area contributed by atoms with Crippen LogP contribution in [0, 0.1) is 12.8 Å². The lowest BCUT2D eigenvalue weighted by Gasteiger charge is -2.54. The number of rotatable bonds is 1. The molecule has 1 aromatic carbocycles. The molecule has 0 aromatic heterocycles. The second-order valence-electron chi connectivity index (χ2n) is 5.68. The molecular weight excluding hydrogens is 288 g/mol. The molecule has 1 fully saturated rings. The van der Waals surface area contributed by atoms with Gasteiger partial charge in [0.15, 0.2) is 10.8 Å². The molecule has 0 amide bonds. The van der Waals surface area contributed by atoms with Crippen LogP contribution in [0.5, 0.6) is 5.75 Å². The van der Waals surface area contributed by atoms with Crippen molar-refractivity contribution in [1.82, 2.24) is 10.2 Å². The van der Waals surface area contributed by atoms with Crippen LogP contribution in [-0.4, -0.2) is 35.9 Å². The van der Waals surface area contributed by atoms with Gasteiger partial charge in [0.2, 0.25) is 0 Å². The number of hydrogen-bond acceptors (Lipinski definition) is 4. The van der Waals surface area contributed by atoms with Crippen LogP contribution in [0.4, 0.5) is 0 Å². The topological polar surface area (TPSA) is 50.8 Å². The van der Waals surface area contributed by atoms with E-state index in [1.54, 1.807) is 4.90 Å². The van der Waals surface area contributed by atoms with Crippen LogP contribution in [0.15, 0.2) is 18.2 Å². The second-order valence-corrected chi connectivity index (χ2v) is 6.07. The third-order valence-corrected chi connectivity index (χ3v) is 4.82. The molecule has 1 N–H and O–H groups in total. The van der Waals surface area contributed by atoms with Gasteiger partial charge in [0, 0.05) is 12.6 Å². The summed E-state index contributed by atoms with van der Waals surface area (Å²) in [5.74, 6) is -0.0277. The van der Waals surface area contributed by atoms with Crippen molar-refractivity contribution in [2.24, 2.45) is 5.92 Å². The third kappa shape index (κ3) is 1.89. The van der Waals surface area contributed by atoms with Crippen molar-refractivity contribution in [2.75, 3.05) is 14.2 Å². The maximum Gasteiger partial charge on any atom is 0.317 e. The van der Waals surface area contributed by atoms with Crippen molar-refractivity contribution >= 4 is 23.3 Å². The van der Waals surface area contributed by atoms with E-state index in [4.69, 9.17) is 21.7 Å². The first-order chi connectivity index (χ1) is 9.88. The highest BCUT2D eigenvalue weighted by Gasteiger charge is 2.58. The maximum atomic E-state index is 12.3. The zero-order chi connectivity index (χ0) is 15.4. The normalized spacial score (nSPS) is 30.1. The average molecular weight is 306 g/mol. The monoisotopic (exact) mass is 306 g/mol. The molecule has 5 nitrogen and oxygen atoms in total. The fourth-order valence-electron chi connectivity index (χ4n) is 3.13. The van der Waals surface area contributed by atoms with E-state index >= 15 is 0 Å². The number of nitrogens with zero attached hydrogens (tertiary/aromatic N) is 1. The summed E-state index contributed by atoms with van der Waals surface area (Å²) in [5.41, 5.74) is 1.19. The van der Waals surface area contributed by atoms with Crippen molar-refractivity contribution in [3.8, 4) is 5.75 Å². The van der Waals surface area contributed by atoms with Crippen molar-refractivity contribution in [1.29, 1.82) is 0 Å². The highest BCUT2D eigenvalue weighted by molar-refractivity contribution is 7.80.